The molecule has 45 heavy (non-hydrogen) atoms. The predicted molar refractivity (Wildman–Crippen MR) is 175 cm³/mol. The summed E-state index contributed by atoms with van der Waals surface area (Å²) >= 11 is 0. The van der Waals surface area contributed by atoms with Crippen LogP contribution < -0.4 is 11.2 Å². The molecule has 5 atom stereocenters. The molecule has 1 N–H and O–H groups in total. The minimum absolute atomic E-state index is 0.131. The van der Waals surface area contributed by atoms with Gasteiger partial charge >= 0.3 is 13.3 Å². The highest BCUT2D eigenvalue weighted by molar-refractivity contribution is 7.57. The van der Waals surface area contributed by atoms with E-state index in [0.717, 1.165) is 6.42 Å². The van der Waals surface area contributed by atoms with E-state index in [0.29, 0.717) is 19.6 Å². The molecule has 1 unspecified atom stereocenters. The fourth-order valence-corrected chi connectivity index (χ4v) is 6.84. The number of nitrogens with one attached hydrogen (secondary N) is 1. The summed E-state index contributed by atoms with van der Waals surface area (Å²) in [5.41, 5.74) is -1.15. The number of hydrogen-bond acceptors (Lipinski definition) is 9. The Balaban J connectivity index is 1.24. The Hall–Kier alpha value is -1.59. The monoisotopic (exact) mass is 656 g/mol. The number of fused-ring (bicyclic) bond motifs is 1. The minimum Gasteiger partial charge on any atom is -0.381 e. The first kappa shape index (κ1) is 37.9. The van der Waals surface area contributed by atoms with Gasteiger partial charge in [-0.1, -0.05) is 97.0 Å². The van der Waals surface area contributed by atoms with Gasteiger partial charge in [-0.3, -0.25) is 18.9 Å². The van der Waals surface area contributed by atoms with Gasteiger partial charge in [0.25, 0.3) is 5.56 Å². The van der Waals surface area contributed by atoms with Crippen LogP contribution in [0.15, 0.2) is 34.2 Å². The summed E-state index contributed by atoms with van der Waals surface area (Å²) < 4.78 is 49.4. The van der Waals surface area contributed by atoms with Crippen molar-refractivity contribution in [2.75, 3.05) is 26.4 Å². The van der Waals surface area contributed by atoms with Gasteiger partial charge in [0, 0.05) is 31.3 Å². The molecule has 0 aliphatic carbocycles. The van der Waals surface area contributed by atoms with Gasteiger partial charge in [-0.15, -0.1) is 0 Å². The van der Waals surface area contributed by atoms with Crippen molar-refractivity contribution in [1.82, 2.24) is 9.55 Å². The molecule has 2 saturated heterocycles. The normalized spacial score (nSPS) is 23.6. The number of unbranched alkanes of at least 4 members (excludes halogenated alkanes) is 13. The third kappa shape index (κ3) is 13.2. The number of aromatic amines is 1. The Bertz CT molecular complexity index is 1150. The van der Waals surface area contributed by atoms with E-state index in [1.54, 1.807) is 13.8 Å². The fraction of sp³-hybridized carbons (Fsp3) is 0.818. The molecule has 2 aliphatic rings. The van der Waals surface area contributed by atoms with E-state index in [1.807, 2.05) is 0 Å². The average Bonchev–Trinajstić information content (AvgIpc) is 3.50. The van der Waals surface area contributed by atoms with Crippen LogP contribution in [0.1, 0.15) is 123 Å². The van der Waals surface area contributed by atoms with E-state index in [-0.39, 0.29) is 13.2 Å². The summed E-state index contributed by atoms with van der Waals surface area (Å²) in [5.74, 6) is 0.252. The molecule has 0 aromatic carbocycles. The molecule has 0 amide bonds. The highest BCUT2D eigenvalue weighted by Crippen LogP contribution is 2.51. The molecule has 3 rings (SSSR count). The van der Waals surface area contributed by atoms with Crippen molar-refractivity contribution < 1.29 is 32.6 Å². The summed E-state index contributed by atoms with van der Waals surface area (Å²) in [6.45, 7) is 10.7. The molecule has 1 aromatic rings. The van der Waals surface area contributed by atoms with E-state index >= 15 is 0 Å². The third-order valence-electron chi connectivity index (χ3n) is 8.24. The Kier molecular flexibility index (Phi) is 16.8. The second-order valence-electron chi connectivity index (χ2n) is 12.6. The second kappa shape index (κ2) is 19.9. The maximum Gasteiger partial charge on any atom is 0.353 e. The molecule has 3 heterocycles. The summed E-state index contributed by atoms with van der Waals surface area (Å²) in [6, 6.07) is 1.23. The summed E-state index contributed by atoms with van der Waals surface area (Å²) in [7, 11) is -3.61. The zero-order valence-electron chi connectivity index (χ0n) is 27.8. The largest absolute Gasteiger partial charge is 0.381 e. The van der Waals surface area contributed by atoms with Crippen LogP contribution in [0, 0.1) is 0 Å². The van der Waals surface area contributed by atoms with E-state index in [2.05, 4.69) is 18.5 Å². The molecule has 0 bridgehead atoms. The van der Waals surface area contributed by atoms with Crippen molar-refractivity contribution in [2.24, 2.45) is 0 Å². The van der Waals surface area contributed by atoms with Gasteiger partial charge in [0.2, 0.25) is 0 Å². The molecule has 12 heteroatoms. The topological polar surface area (TPSA) is 127 Å². The van der Waals surface area contributed by atoms with Crippen LogP contribution in [0.25, 0.3) is 0 Å². The van der Waals surface area contributed by atoms with Crippen molar-refractivity contribution in [1.29, 1.82) is 0 Å². The quantitative estimate of drug-likeness (QED) is 0.0858. The van der Waals surface area contributed by atoms with Crippen LogP contribution in [0.2, 0.25) is 0 Å². The zero-order valence-corrected chi connectivity index (χ0v) is 28.6. The average molecular weight is 657 g/mol. The van der Waals surface area contributed by atoms with Crippen molar-refractivity contribution in [3.05, 3.63) is 45.5 Å². The van der Waals surface area contributed by atoms with Gasteiger partial charge in [0.15, 0.2) is 12.0 Å². The summed E-state index contributed by atoms with van der Waals surface area (Å²) in [6.07, 6.45) is 17.7. The Morgan fingerprint density at radius 1 is 0.867 bits per heavy atom. The molecule has 258 valence electrons. The number of H-pyrrole nitrogens is 1. The van der Waals surface area contributed by atoms with E-state index < -0.39 is 49.2 Å². The molecular formula is C33H57N2O9P. The number of nitrogens with zero attached hydrogens (tertiary/aromatic N) is 1. The Morgan fingerprint density at radius 2 is 1.44 bits per heavy atom. The number of hydrogen-bond donors (Lipinski definition) is 1. The Labute approximate surface area is 268 Å². The summed E-state index contributed by atoms with van der Waals surface area (Å²) in [5, 5.41) is 0. The fourth-order valence-electron chi connectivity index (χ4n) is 5.82. The van der Waals surface area contributed by atoms with Crippen molar-refractivity contribution in [3.63, 3.8) is 0 Å². The third-order valence-corrected chi connectivity index (χ3v) is 9.74. The van der Waals surface area contributed by atoms with Gasteiger partial charge < -0.3 is 28.0 Å². The predicted octanol–water partition coefficient (Wildman–Crippen LogP) is 7.21. The molecule has 2 aliphatic heterocycles. The van der Waals surface area contributed by atoms with E-state index in [4.69, 9.17) is 28.0 Å². The van der Waals surface area contributed by atoms with Crippen LogP contribution in [0.3, 0.4) is 0 Å². The first-order valence-corrected chi connectivity index (χ1v) is 18.7. The number of rotatable bonds is 25. The van der Waals surface area contributed by atoms with Crippen molar-refractivity contribution in [2.45, 2.75) is 147 Å². The SMILES string of the molecule is C=CP(=O)(OCCCOCCCCCCCCCCCCCCCC)OC[C@H]1O[C@@H](n2ccc(=O)[nH]c2=O)[C@@H]2OC(C)(C)O[C@@H]21. The highest BCUT2D eigenvalue weighted by atomic mass is 31.2. The molecule has 1 aromatic heterocycles. The van der Waals surface area contributed by atoms with Gasteiger partial charge in [0.1, 0.15) is 18.3 Å². The maximum atomic E-state index is 13.2. The molecule has 0 spiro atoms. The Morgan fingerprint density at radius 3 is 2.04 bits per heavy atom. The first-order chi connectivity index (χ1) is 21.7. The van der Waals surface area contributed by atoms with Crippen LogP contribution in [-0.4, -0.2) is 60.1 Å². The van der Waals surface area contributed by atoms with Crippen LogP contribution in [0.4, 0.5) is 0 Å². The lowest BCUT2D eigenvalue weighted by molar-refractivity contribution is -0.200. The molecule has 2 fully saturated rings. The lowest BCUT2D eigenvalue weighted by Crippen LogP contribution is -2.37. The van der Waals surface area contributed by atoms with Gasteiger partial charge in [-0.25, -0.2) is 4.79 Å². The van der Waals surface area contributed by atoms with E-state index in [9.17, 15) is 14.2 Å². The highest BCUT2D eigenvalue weighted by Gasteiger charge is 2.56. The van der Waals surface area contributed by atoms with Gasteiger partial charge in [-0.2, -0.15) is 0 Å². The smallest absolute Gasteiger partial charge is 0.353 e. The van der Waals surface area contributed by atoms with E-state index in [1.165, 1.54) is 106 Å². The van der Waals surface area contributed by atoms with Crippen LogP contribution in [0.5, 0.6) is 0 Å². The summed E-state index contributed by atoms with van der Waals surface area (Å²) in [4.78, 5) is 26.2. The number of ether oxygens (including phenoxy) is 4. The molecule has 0 radical (unpaired) electrons. The maximum absolute atomic E-state index is 13.2. The minimum atomic E-state index is -3.61. The van der Waals surface area contributed by atoms with Crippen LogP contribution in [-0.2, 0) is 32.6 Å². The van der Waals surface area contributed by atoms with Crippen LogP contribution >= 0.6 is 7.60 Å². The van der Waals surface area contributed by atoms with Gasteiger partial charge in [-0.05, 0) is 26.7 Å². The lowest BCUT2D eigenvalue weighted by Gasteiger charge is -2.25. The zero-order chi connectivity index (χ0) is 32.5. The lowest BCUT2D eigenvalue weighted by atomic mass is 10.0. The molecular weight excluding hydrogens is 599 g/mol. The van der Waals surface area contributed by atoms with Crippen molar-refractivity contribution >= 4 is 7.60 Å². The first-order valence-electron chi connectivity index (χ1n) is 17.1. The molecule has 11 nitrogen and oxygen atoms in total. The number of aromatic nitrogens is 2. The van der Waals surface area contributed by atoms with Crippen molar-refractivity contribution in [3.8, 4) is 0 Å². The molecule has 0 saturated carbocycles. The standard InChI is InChI=1S/C33H57N2O9P/c1-5-7-8-9-10-11-12-13-14-15-16-17-18-19-23-39-24-20-25-40-45(38,6-2)41-26-27-29-30(44-33(3,4)43-29)31(42-27)35-22-21-28(36)34-32(35)37/h6,21-22,27,29-31H,2,5,7-20,23-26H2,1,3-4H3,(H,34,36,37)/t27-,29-,30-,31-,45?/m1/s1. The van der Waals surface area contributed by atoms with Gasteiger partial charge in [0.05, 0.1) is 13.2 Å². The second-order valence-corrected chi connectivity index (χ2v) is 14.5.